The summed E-state index contributed by atoms with van der Waals surface area (Å²) in [7, 11) is 3.14. The van der Waals surface area contributed by atoms with E-state index >= 15 is 0 Å². The van der Waals surface area contributed by atoms with Gasteiger partial charge < -0.3 is 9.30 Å². The van der Waals surface area contributed by atoms with E-state index in [1.165, 1.54) is 11.8 Å². The van der Waals surface area contributed by atoms with Gasteiger partial charge in [0.2, 0.25) is 0 Å². The minimum atomic E-state index is -0.241. The molecule has 3 aromatic rings. The van der Waals surface area contributed by atoms with Crippen LogP contribution in [0, 0.1) is 6.92 Å². The number of rotatable bonds is 2. The van der Waals surface area contributed by atoms with Gasteiger partial charge in [0, 0.05) is 18.6 Å². The van der Waals surface area contributed by atoms with Crippen LogP contribution in [0.3, 0.4) is 0 Å². The molecule has 0 spiro atoms. The molecule has 0 bridgehead atoms. The predicted molar refractivity (Wildman–Crippen MR) is 82.6 cm³/mol. The lowest BCUT2D eigenvalue weighted by Crippen LogP contribution is -2.26. The lowest BCUT2D eigenvalue weighted by atomic mass is 10.2. The summed E-state index contributed by atoms with van der Waals surface area (Å²) in [6.07, 6.45) is 1.73. The second-order valence-electron chi connectivity index (χ2n) is 4.76. The van der Waals surface area contributed by atoms with Crippen molar-refractivity contribution in [1.82, 2.24) is 14.3 Å². The summed E-state index contributed by atoms with van der Waals surface area (Å²) < 4.78 is 8.44. The molecule has 6 heteroatoms. The Morgan fingerprint density at radius 1 is 1.29 bits per heavy atom. The minimum absolute atomic E-state index is 0.241. The van der Waals surface area contributed by atoms with Crippen LogP contribution >= 0.6 is 11.6 Å². The van der Waals surface area contributed by atoms with Crippen molar-refractivity contribution in [3.05, 3.63) is 51.5 Å². The second kappa shape index (κ2) is 4.93. The summed E-state index contributed by atoms with van der Waals surface area (Å²) in [6.45, 7) is 1.80. The molecule has 0 N–H and O–H groups in total. The van der Waals surface area contributed by atoms with Crippen molar-refractivity contribution < 1.29 is 4.74 Å². The summed E-state index contributed by atoms with van der Waals surface area (Å²) in [4.78, 5) is 12.5. The Hall–Kier alpha value is -2.27. The van der Waals surface area contributed by atoms with Crippen molar-refractivity contribution in [1.29, 1.82) is 0 Å². The Morgan fingerprint density at radius 3 is 2.71 bits per heavy atom. The third-order valence-electron chi connectivity index (χ3n) is 3.45. The fraction of sp³-hybridized carbons (Fsp3) is 0.200. The largest absolute Gasteiger partial charge is 0.492 e. The van der Waals surface area contributed by atoms with Crippen molar-refractivity contribution in [3.63, 3.8) is 0 Å². The van der Waals surface area contributed by atoms with Gasteiger partial charge in [-0.2, -0.15) is 5.10 Å². The highest BCUT2D eigenvalue weighted by Gasteiger charge is 2.19. The van der Waals surface area contributed by atoms with Gasteiger partial charge in [-0.3, -0.25) is 4.79 Å². The Balaban J connectivity index is 2.46. The molecule has 0 aliphatic heterocycles. The van der Waals surface area contributed by atoms with Gasteiger partial charge in [-0.1, -0.05) is 29.8 Å². The third-order valence-corrected chi connectivity index (χ3v) is 3.75. The van der Waals surface area contributed by atoms with E-state index in [0.29, 0.717) is 22.2 Å². The van der Waals surface area contributed by atoms with Crippen LogP contribution in [0.15, 0.2) is 35.3 Å². The zero-order valence-corrected chi connectivity index (χ0v) is 12.7. The van der Waals surface area contributed by atoms with Crippen LogP contribution in [-0.2, 0) is 7.05 Å². The molecule has 0 aliphatic carbocycles. The lowest BCUT2D eigenvalue weighted by Gasteiger charge is -2.13. The highest BCUT2D eigenvalue weighted by molar-refractivity contribution is 6.35. The van der Waals surface area contributed by atoms with Gasteiger partial charge >= 0.3 is 0 Å². The number of hydrogen-bond donors (Lipinski definition) is 0. The molecule has 0 unspecified atom stereocenters. The molecule has 3 rings (SSSR count). The molecule has 0 saturated heterocycles. The molecule has 108 valence electrons. The predicted octanol–water partition coefficient (Wildman–Crippen LogP) is 2.69. The fourth-order valence-electron chi connectivity index (χ4n) is 2.52. The molecular weight excluding hydrogens is 290 g/mol. The van der Waals surface area contributed by atoms with E-state index in [4.69, 9.17) is 16.3 Å². The van der Waals surface area contributed by atoms with E-state index < -0.39 is 0 Å². The van der Waals surface area contributed by atoms with E-state index in [9.17, 15) is 4.79 Å². The first-order valence-corrected chi connectivity index (χ1v) is 6.80. The van der Waals surface area contributed by atoms with Crippen molar-refractivity contribution in [3.8, 4) is 11.4 Å². The van der Waals surface area contributed by atoms with Gasteiger partial charge in [-0.15, -0.1) is 0 Å². The number of nitrogens with zero attached hydrogens (tertiary/aromatic N) is 3. The van der Waals surface area contributed by atoms with Crippen molar-refractivity contribution >= 4 is 22.5 Å². The second-order valence-corrected chi connectivity index (χ2v) is 5.17. The van der Waals surface area contributed by atoms with Crippen LogP contribution in [0.4, 0.5) is 0 Å². The van der Waals surface area contributed by atoms with Crippen LogP contribution in [0.1, 0.15) is 5.69 Å². The Morgan fingerprint density at radius 2 is 2.00 bits per heavy atom. The summed E-state index contributed by atoms with van der Waals surface area (Å²) in [5.74, 6) is 0.454. The van der Waals surface area contributed by atoms with Crippen molar-refractivity contribution in [2.45, 2.75) is 6.92 Å². The Kier molecular flexibility index (Phi) is 3.22. The number of benzene rings is 1. The molecule has 5 nitrogen and oxygen atoms in total. The number of hydrogen-bond acceptors (Lipinski definition) is 3. The summed E-state index contributed by atoms with van der Waals surface area (Å²) in [5.41, 5.74) is 1.66. The molecule has 0 saturated carbocycles. The molecule has 0 fully saturated rings. The Bertz CT molecular complexity index is 896. The van der Waals surface area contributed by atoms with Gasteiger partial charge in [0.05, 0.1) is 17.6 Å². The van der Waals surface area contributed by atoms with Crippen molar-refractivity contribution in [2.75, 3.05) is 7.11 Å². The maximum absolute atomic E-state index is 12.5. The molecule has 0 atom stereocenters. The smallest absolute Gasteiger partial charge is 0.294 e. The van der Waals surface area contributed by atoms with E-state index in [1.807, 2.05) is 24.3 Å². The number of ether oxygens (including phenoxy) is 1. The van der Waals surface area contributed by atoms with E-state index in [0.717, 1.165) is 10.9 Å². The third kappa shape index (κ3) is 2.01. The van der Waals surface area contributed by atoms with Gasteiger partial charge in [0.15, 0.2) is 11.4 Å². The quantitative estimate of drug-likeness (QED) is 0.731. The first-order chi connectivity index (χ1) is 10.0. The zero-order valence-electron chi connectivity index (χ0n) is 11.9. The van der Waals surface area contributed by atoms with Crippen molar-refractivity contribution in [2.24, 2.45) is 7.05 Å². The molecule has 21 heavy (non-hydrogen) atoms. The molecule has 0 aliphatic rings. The summed E-state index contributed by atoms with van der Waals surface area (Å²) in [6, 6.07) is 7.64. The van der Waals surface area contributed by atoms with Gasteiger partial charge in [0.1, 0.15) is 5.69 Å². The molecule has 2 heterocycles. The summed E-state index contributed by atoms with van der Waals surface area (Å²) in [5, 5.41) is 5.62. The zero-order chi connectivity index (χ0) is 15.1. The highest BCUT2D eigenvalue weighted by atomic mass is 35.5. The average Bonchev–Trinajstić information content (AvgIpc) is 2.80. The molecule has 1 aromatic carbocycles. The van der Waals surface area contributed by atoms with Crippen LogP contribution in [0.5, 0.6) is 5.75 Å². The van der Waals surface area contributed by atoms with Crippen LogP contribution in [-0.4, -0.2) is 21.5 Å². The van der Waals surface area contributed by atoms with Gasteiger partial charge in [-0.25, -0.2) is 4.68 Å². The standard InChI is InChI=1S/C15H14ClN3O2/c1-9-14(21-3)13(15(20)18(2)17-9)19-8-11(16)10-6-4-5-7-12(10)19/h4-8H,1-3H3. The number of para-hydroxylation sites is 1. The minimum Gasteiger partial charge on any atom is -0.492 e. The van der Waals surface area contributed by atoms with Crippen LogP contribution < -0.4 is 10.3 Å². The van der Waals surface area contributed by atoms with Crippen LogP contribution in [0.2, 0.25) is 5.02 Å². The molecule has 2 aromatic heterocycles. The first kappa shape index (κ1) is 13.7. The normalized spacial score (nSPS) is 11.0. The molecule has 0 radical (unpaired) electrons. The maximum Gasteiger partial charge on any atom is 0.294 e. The number of fused-ring (bicyclic) bond motifs is 1. The number of aryl methyl sites for hydroxylation is 2. The van der Waals surface area contributed by atoms with Gasteiger partial charge in [0.25, 0.3) is 5.56 Å². The molecule has 0 amide bonds. The SMILES string of the molecule is COc1c(C)nn(C)c(=O)c1-n1cc(Cl)c2ccccc21. The number of methoxy groups -OCH3 is 1. The highest BCUT2D eigenvalue weighted by Crippen LogP contribution is 2.31. The van der Waals surface area contributed by atoms with E-state index in [-0.39, 0.29) is 5.56 Å². The van der Waals surface area contributed by atoms with Crippen LogP contribution in [0.25, 0.3) is 16.6 Å². The van der Waals surface area contributed by atoms with E-state index in [2.05, 4.69) is 5.10 Å². The lowest BCUT2D eigenvalue weighted by molar-refractivity contribution is 0.401. The topological polar surface area (TPSA) is 49.1 Å². The number of aromatic nitrogens is 3. The number of halogens is 1. The monoisotopic (exact) mass is 303 g/mol. The summed E-state index contributed by atoms with van der Waals surface area (Å²) >= 11 is 6.27. The van der Waals surface area contributed by atoms with E-state index in [1.54, 1.807) is 24.7 Å². The van der Waals surface area contributed by atoms with Gasteiger partial charge in [-0.05, 0) is 13.0 Å². The maximum atomic E-state index is 12.5. The average molecular weight is 304 g/mol. The molecular formula is C15H14ClN3O2. The Labute approximate surface area is 126 Å². The fourth-order valence-corrected chi connectivity index (χ4v) is 2.77. The first-order valence-electron chi connectivity index (χ1n) is 6.42.